The first-order chi connectivity index (χ1) is 10.3. The van der Waals surface area contributed by atoms with Crippen molar-refractivity contribution in [3.63, 3.8) is 0 Å². The number of hydrogen-bond donors (Lipinski definition) is 2. The van der Waals surface area contributed by atoms with Gasteiger partial charge in [0.1, 0.15) is 23.7 Å². The minimum absolute atomic E-state index is 0.148. The van der Waals surface area contributed by atoms with E-state index in [1.165, 1.54) is 24.3 Å². The van der Waals surface area contributed by atoms with Crippen LogP contribution in [0.4, 0.5) is 13.2 Å². The molecule has 22 heavy (non-hydrogen) atoms. The van der Waals surface area contributed by atoms with E-state index in [-0.39, 0.29) is 17.9 Å². The maximum Gasteiger partial charge on any atom is 0.416 e. The molecule has 0 aliphatic carbocycles. The Morgan fingerprint density at radius 3 is 2.23 bits per heavy atom. The highest BCUT2D eigenvalue weighted by Crippen LogP contribution is 2.29. The van der Waals surface area contributed by atoms with Crippen molar-refractivity contribution in [3.05, 3.63) is 59.2 Å². The van der Waals surface area contributed by atoms with E-state index in [4.69, 9.17) is 9.84 Å². The fourth-order valence-electron chi connectivity index (χ4n) is 1.71. The van der Waals surface area contributed by atoms with E-state index in [1.807, 2.05) is 0 Å². The topological polar surface area (TPSA) is 66.8 Å². The molecule has 0 radical (unpaired) electrons. The predicted molar refractivity (Wildman–Crippen MR) is 70.3 cm³/mol. The molecule has 116 valence electrons. The van der Waals surface area contributed by atoms with E-state index in [1.54, 1.807) is 0 Å². The summed E-state index contributed by atoms with van der Waals surface area (Å²) in [6, 6.07) is 7.55. The van der Waals surface area contributed by atoms with Gasteiger partial charge in [-0.25, -0.2) is 4.79 Å². The molecule has 0 atom stereocenters. The molecular weight excluding hydrogens is 301 g/mol. The SMILES string of the molecule is O=C(OCc1ccc(C(F)(F)F)cc1)c1ccc(O)cc1O. The van der Waals surface area contributed by atoms with Gasteiger partial charge in [0.05, 0.1) is 5.56 Å². The smallest absolute Gasteiger partial charge is 0.416 e. The zero-order valence-electron chi connectivity index (χ0n) is 11.1. The van der Waals surface area contributed by atoms with Crippen molar-refractivity contribution < 1.29 is 32.9 Å². The van der Waals surface area contributed by atoms with Gasteiger partial charge in [0.25, 0.3) is 0 Å². The molecule has 4 nitrogen and oxygen atoms in total. The summed E-state index contributed by atoms with van der Waals surface area (Å²) in [5.74, 6) is -1.51. The Bertz CT molecular complexity index is 678. The molecule has 0 amide bonds. The number of rotatable bonds is 3. The lowest BCUT2D eigenvalue weighted by atomic mass is 10.1. The Hall–Kier alpha value is -2.70. The molecular formula is C15H11F3O4. The molecule has 0 aliphatic rings. The van der Waals surface area contributed by atoms with Gasteiger partial charge >= 0.3 is 12.1 Å². The van der Waals surface area contributed by atoms with E-state index in [9.17, 15) is 23.1 Å². The molecule has 7 heteroatoms. The summed E-state index contributed by atoms with van der Waals surface area (Å²) in [5.41, 5.74) is -0.567. The Labute approximate surface area is 123 Å². The summed E-state index contributed by atoms with van der Waals surface area (Å²) in [6.45, 7) is -0.239. The molecule has 0 bridgehead atoms. The zero-order valence-corrected chi connectivity index (χ0v) is 11.1. The Kier molecular flexibility index (Phi) is 4.25. The van der Waals surface area contributed by atoms with Gasteiger partial charge in [0.15, 0.2) is 0 Å². The molecule has 0 saturated carbocycles. The Balaban J connectivity index is 2.02. The number of carbonyl (C=O) groups is 1. The molecule has 2 N–H and O–H groups in total. The molecule has 0 spiro atoms. The number of halogens is 3. The Morgan fingerprint density at radius 1 is 1.05 bits per heavy atom. The summed E-state index contributed by atoms with van der Waals surface area (Å²) >= 11 is 0. The number of benzene rings is 2. The highest BCUT2D eigenvalue weighted by Gasteiger charge is 2.29. The number of carbonyl (C=O) groups excluding carboxylic acids is 1. The van der Waals surface area contributed by atoms with E-state index in [0.29, 0.717) is 5.56 Å². The number of phenols is 2. The second-order valence-corrected chi connectivity index (χ2v) is 4.47. The van der Waals surface area contributed by atoms with Crippen LogP contribution < -0.4 is 0 Å². The van der Waals surface area contributed by atoms with Crippen LogP contribution in [0.1, 0.15) is 21.5 Å². The van der Waals surface area contributed by atoms with Crippen LogP contribution >= 0.6 is 0 Å². The third kappa shape index (κ3) is 3.69. The van der Waals surface area contributed by atoms with Crippen molar-refractivity contribution in [2.45, 2.75) is 12.8 Å². The molecule has 0 fully saturated rings. The van der Waals surface area contributed by atoms with Gasteiger partial charge in [-0.05, 0) is 29.8 Å². The van der Waals surface area contributed by atoms with Gasteiger partial charge < -0.3 is 14.9 Å². The molecule has 0 unspecified atom stereocenters. The average molecular weight is 312 g/mol. The first-order valence-corrected chi connectivity index (χ1v) is 6.12. The van der Waals surface area contributed by atoms with Crippen LogP contribution in [0.25, 0.3) is 0 Å². The molecule has 2 rings (SSSR count). The van der Waals surface area contributed by atoms with Crippen molar-refractivity contribution >= 4 is 5.97 Å². The standard InChI is InChI=1S/C15H11F3O4/c16-15(17,18)10-3-1-9(2-4-10)8-22-14(21)12-6-5-11(19)7-13(12)20/h1-7,19-20H,8H2. The second-order valence-electron chi connectivity index (χ2n) is 4.47. The van der Waals surface area contributed by atoms with Gasteiger partial charge in [-0.1, -0.05) is 12.1 Å². The lowest BCUT2D eigenvalue weighted by molar-refractivity contribution is -0.137. The van der Waals surface area contributed by atoms with Crippen molar-refractivity contribution in [2.75, 3.05) is 0 Å². The van der Waals surface area contributed by atoms with Crippen LogP contribution in [-0.4, -0.2) is 16.2 Å². The molecule has 0 saturated heterocycles. The van der Waals surface area contributed by atoms with Crippen LogP contribution in [0.15, 0.2) is 42.5 Å². The van der Waals surface area contributed by atoms with Gasteiger partial charge in [-0.15, -0.1) is 0 Å². The lowest BCUT2D eigenvalue weighted by Gasteiger charge is -2.09. The number of alkyl halides is 3. The summed E-state index contributed by atoms with van der Waals surface area (Å²) in [7, 11) is 0. The number of hydrogen-bond acceptors (Lipinski definition) is 4. The van der Waals surface area contributed by atoms with Crippen molar-refractivity contribution in [3.8, 4) is 11.5 Å². The second kappa shape index (κ2) is 5.97. The minimum atomic E-state index is -4.42. The monoisotopic (exact) mass is 312 g/mol. The molecule has 2 aromatic carbocycles. The Morgan fingerprint density at radius 2 is 1.68 bits per heavy atom. The summed E-state index contributed by atoms with van der Waals surface area (Å²) in [5, 5.41) is 18.6. The average Bonchev–Trinajstić information content (AvgIpc) is 2.44. The number of aromatic hydroxyl groups is 2. The quantitative estimate of drug-likeness (QED) is 0.852. The number of phenolic OH excluding ortho intramolecular Hbond substituents is 2. The van der Waals surface area contributed by atoms with E-state index >= 15 is 0 Å². The molecule has 2 aromatic rings. The van der Waals surface area contributed by atoms with Gasteiger partial charge in [0, 0.05) is 6.07 Å². The maximum absolute atomic E-state index is 12.4. The fourth-order valence-corrected chi connectivity index (χ4v) is 1.71. The highest BCUT2D eigenvalue weighted by atomic mass is 19.4. The maximum atomic E-state index is 12.4. The minimum Gasteiger partial charge on any atom is -0.508 e. The van der Waals surface area contributed by atoms with Crippen molar-refractivity contribution in [1.82, 2.24) is 0 Å². The molecule has 0 aliphatic heterocycles. The first-order valence-electron chi connectivity index (χ1n) is 6.12. The third-order valence-corrected chi connectivity index (χ3v) is 2.85. The molecule has 0 heterocycles. The van der Waals surface area contributed by atoms with Gasteiger partial charge in [-0.2, -0.15) is 13.2 Å². The summed E-state index contributed by atoms with van der Waals surface area (Å²) < 4.78 is 42.1. The fraction of sp³-hybridized carbons (Fsp3) is 0.133. The van der Waals surface area contributed by atoms with E-state index < -0.39 is 23.5 Å². The summed E-state index contributed by atoms with van der Waals surface area (Å²) in [4.78, 5) is 11.7. The first kappa shape index (κ1) is 15.7. The van der Waals surface area contributed by atoms with Crippen LogP contribution in [-0.2, 0) is 17.5 Å². The van der Waals surface area contributed by atoms with E-state index in [2.05, 4.69) is 0 Å². The normalized spacial score (nSPS) is 11.2. The summed E-state index contributed by atoms with van der Waals surface area (Å²) in [6.07, 6.45) is -4.42. The van der Waals surface area contributed by atoms with Crippen LogP contribution in [0, 0.1) is 0 Å². The van der Waals surface area contributed by atoms with Crippen molar-refractivity contribution in [2.24, 2.45) is 0 Å². The van der Waals surface area contributed by atoms with Crippen LogP contribution in [0.5, 0.6) is 11.5 Å². The van der Waals surface area contributed by atoms with Gasteiger partial charge in [0.2, 0.25) is 0 Å². The lowest BCUT2D eigenvalue weighted by Crippen LogP contribution is -2.07. The van der Waals surface area contributed by atoms with E-state index in [0.717, 1.165) is 18.2 Å². The predicted octanol–water partition coefficient (Wildman–Crippen LogP) is 3.47. The van der Waals surface area contributed by atoms with Crippen molar-refractivity contribution in [1.29, 1.82) is 0 Å². The zero-order chi connectivity index (χ0) is 16.3. The largest absolute Gasteiger partial charge is 0.508 e. The third-order valence-electron chi connectivity index (χ3n) is 2.85. The molecule has 0 aromatic heterocycles. The van der Waals surface area contributed by atoms with Gasteiger partial charge in [-0.3, -0.25) is 0 Å². The van der Waals surface area contributed by atoms with Crippen LogP contribution in [0.3, 0.4) is 0 Å². The number of ether oxygens (including phenoxy) is 1. The number of esters is 1. The van der Waals surface area contributed by atoms with Crippen LogP contribution in [0.2, 0.25) is 0 Å². The highest BCUT2D eigenvalue weighted by molar-refractivity contribution is 5.92.